The number of halogens is 1. The molecule has 1 unspecified atom stereocenters. The number of nitrogens with one attached hydrogen (secondary N) is 3. The molecule has 4 rings (SSSR count). The first-order valence-corrected chi connectivity index (χ1v) is 13.0. The second-order valence-corrected chi connectivity index (χ2v) is 9.21. The molecule has 0 bridgehead atoms. The van der Waals surface area contributed by atoms with Crippen molar-refractivity contribution >= 4 is 57.6 Å². The highest BCUT2D eigenvalue weighted by molar-refractivity contribution is 7.77. The first kappa shape index (κ1) is 25.8. The molecule has 0 saturated carbocycles. The number of amides is 1. The third kappa shape index (κ3) is 5.93. The van der Waals surface area contributed by atoms with Gasteiger partial charge in [0.1, 0.15) is 5.02 Å². The Morgan fingerprint density at radius 1 is 1.08 bits per heavy atom. The monoisotopic (exact) mass is 528 g/mol. The Bertz CT molecular complexity index is 1280. The molecule has 10 nitrogen and oxygen atoms in total. The van der Waals surface area contributed by atoms with Crippen molar-refractivity contribution in [3.05, 3.63) is 64.8 Å². The third-order valence-electron chi connectivity index (χ3n) is 5.91. The summed E-state index contributed by atoms with van der Waals surface area (Å²) >= 11 is 3.97. The zero-order valence-electron chi connectivity index (χ0n) is 20.0. The van der Waals surface area contributed by atoms with E-state index in [9.17, 15) is 13.6 Å². The maximum Gasteiger partial charge on any atom is 0.256 e. The molecular weight excluding hydrogens is 502 g/mol. The molecule has 36 heavy (non-hydrogen) atoms. The Kier molecular flexibility index (Phi) is 8.36. The van der Waals surface area contributed by atoms with E-state index in [0.29, 0.717) is 41.1 Å². The molecule has 12 heteroatoms. The third-order valence-corrected chi connectivity index (χ3v) is 6.57. The summed E-state index contributed by atoms with van der Waals surface area (Å²) in [5, 5.41) is 6.67. The maximum atomic E-state index is 13.0. The van der Waals surface area contributed by atoms with E-state index in [1.54, 1.807) is 12.1 Å². The van der Waals surface area contributed by atoms with Crippen molar-refractivity contribution in [2.45, 2.75) is 20.4 Å². The first-order chi connectivity index (χ1) is 17.4. The van der Waals surface area contributed by atoms with E-state index in [1.807, 2.05) is 42.2 Å². The lowest BCUT2D eigenvalue weighted by molar-refractivity contribution is 0.0775. The van der Waals surface area contributed by atoms with Crippen LogP contribution in [0.25, 0.3) is 0 Å². The summed E-state index contributed by atoms with van der Waals surface area (Å²) in [6.07, 6.45) is 1.48. The van der Waals surface area contributed by atoms with Crippen LogP contribution < -0.4 is 20.3 Å². The number of benzene rings is 2. The molecule has 3 N–H and O–H groups in total. The lowest BCUT2D eigenvalue weighted by Crippen LogP contribution is -2.34. The summed E-state index contributed by atoms with van der Waals surface area (Å²) in [7, 11) is 0. The Morgan fingerprint density at radius 3 is 2.58 bits per heavy atom. The number of carbonyl (C=O) groups is 1. The number of carbonyl (C=O) groups excluding carboxylic acids is 1. The largest absolute Gasteiger partial charge is 0.760 e. The molecule has 0 saturated heterocycles. The predicted molar refractivity (Wildman–Crippen MR) is 142 cm³/mol. The van der Waals surface area contributed by atoms with E-state index in [1.165, 1.54) is 6.20 Å². The fourth-order valence-electron chi connectivity index (χ4n) is 4.02. The van der Waals surface area contributed by atoms with Gasteiger partial charge in [0.05, 0.1) is 17.4 Å². The molecule has 0 spiro atoms. The average Bonchev–Trinajstić information content (AvgIpc) is 3.01. The van der Waals surface area contributed by atoms with Gasteiger partial charge in [-0.2, -0.15) is 4.98 Å². The van der Waals surface area contributed by atoms with E-state index in [0.717, 1.165) is 30.0 Å². The van der Waals surface area contributed by atoms with E-state index in [4.69, 9.17) is 11.6 Å². The van der Waals surface area contributed by atoms with Gasteiger partial charge in [-0.3, -0.25) is 9.00 Å². The summed E-state index contributed by atoms with van der Waals surface area (Å²) < 4.78 is 24.2. The predicted octanol–water partition coefficient (Wildman–Crippen LogP) is 3.80. The van der Waals surface area contributed by atoms with Crippen LogP contribution in [0.15, 0.2) is 48.7 Å². The fraction of sp³-hybridized carbons (Fsp3) is 0.292. The Morgan fingerprint density at radius 2 is 1.83 bits per heavy atom. The van der Waals surface area contributed by atoms with Gasteiger partial charge < -0.3 is 25.0 Å². The number of fused-ring (bicyclic) bond motifs is 1. The molecule has 1 aromatic heterocycles. The second-order valence-electron chi connectivity index (χ2n) is 8.05. The van der Waals surface area contributed by atoms with Gasteiger partial charge in [0.15, 0.2) is 5.82 Å². The van der Waals surface area contributed by atoms with Crippen LogP contribution >= 0.6 is 11.6 Å². The number of anilines is 5. The highest BCUT2D eigenvalue weighted by atomic mass is 35.5. The Hall–Kier alpha value is -3.25. The summed E-state index contributed by atoms with van der Waals surface area (Å²) in [5.74, 6) is 0.707. The number of hydrogen-bond acceptors (Lipinski definition) is 8. The second kappa shape index (κ2) is 11.7. The van der Waals surface area contributed by atoms with Gasteiger partial charge in [0.25, 0.3) is 5.91 Å². The number of likely N-dealkylation sites (N-methyl/N-ethyl adjacent to an activating group) is 2. The highest BCUT2D eigenvalue weighted by Gasteiger charge is 2.25. The molecule has 0 fully saturated rings. The lowest BCUT2D eigenvalue weighted by atomic mass is 10.1. The van der Waals surface area contributed by atoms with Crippen molar-refractivity contribution in [1.82, 2.24) is 19.6 Å². The van der Waals surface area contributed by atoms with E-state index in [2.05, 4.69) is 37.1 Å². The van der Waals surface area contributed by atoms with Crippen molar-refractivity contribution in [1.29, 1.82) is 0 Å². The molecule has 1 amide bonds. The van der Waals surface area contributed by atoms with Gasteiger partial charge in [-0.05, 0) is 43.7 Å². The quantitative estimate of drug-likeness (QED) is 0.358. The molecule has 0 radical (unpaired) electrons. The molecule has 1 aliphatic heterocycles. The summed E-state index contributed by atoms with van der Waals surface area (Å²) in [4.78, 5) is 25.8. The summed E-state index contributed by atoms with van der Waals surface area (Å²) in [5.41, 5.74) is 3.66. The standard InChI is InChI=1S/C24H28ClN7O3S/c1-3-31-11-12-32(4-2)23(33)18-10-9-17(13-21(18)31)28-24-26-15-19(25)22(30-24)29-20-8-6-5-7-16(20)14-27-36(34)35/h5-10,13,15,27H,3-4,11-12,14H2,1-2H3,(H,34,35)(H2,26,28,29,30)/p-1. The zero-order chi connectivity index (χ0) is 25.7. The zero-order valence-corrected chi connectivity index (χ0v) is 21.5. The highest BCUT2D eigenvalue weighted by Crippen LogP contribution is 2.31. The number of hydrogen-bond donors (Lipinski definition) is 3. The molecule has 2 aromatic carbocycles. The van der Waals surface area contributed by atoms with E-state index < -0.39 is 11.3 Å². The smallest absolute Gasteiger partial charge is 0.256 e. The lowest BCUT2D eigenvalue weighted by Gasteiger charge is -2.23. The van der Waals surface area contributed by atoms with Crippen LogP contribution in [-0.2, 0) is 17.8 Å². The number of para-hydroxylation sites is 1. The van der Waals surface area contributed by atoms with Crippen LogP contribution in [0.4, 0.5) is 28.8 Å². The fourth-order valence-corrected chi connectivity index (χ4v) is 4.43. The molecule has 190 valence electrons. The van der Waals surface area contributed by atoms with Gasteiger partial charge in [-0.1, -0.05) is 29.8 Å². The van der Waals surface area contributed by atoms with Crippen molar-refractivity contribution in [3.63, 3.8) is 0 Å². The number of aromatic nitrogens is 2. The summed E-state index contributed by atoms with van der Waals surface area (Å²) in [6.45, 7) is 7.05. The van der Waals surface area contributed by atoms with Gasteiger partial charge in [-0.15, -0.1) is 0 Å². The van der Waals surface area contributed by atoms with Crippen LogP contribution in [0.1, 0.15) is 29.8 Å². The van der Waals surface area contributed by atoms with Crippen molar-refractivity contribution in [2.75, 3.05) is 41.7 Å². The van der Waals surface area contributed by atoms with Crippen molar-refractivity contribution < 1.29 is 13.6 Å². The van der Waals surface area contributed by atoms with Gasteiger partial charge in [0, 0.05) is 55.4 Å². The van der Waals surface area contributed by atoms with Crippen molar-refractivity contribution in [3.8, 4) is 0 Å². The van der Waals surface area contributed by atoms with Crippen LogP contribution in [-0.4, -0.2) is 55.7 Å². The number of nitrogens with zero attached hydrogens (tertiary/aromatic N) is 4. The van der Waals surface area contributed by atoms with E-state index in [-0.39, 0.29) is 12.5 Å². The maximum absolute atomic E-state index is 13.0. The van der Waals surface area contributed by atoms with Crippen LogP contribution in [0.5, 0.6) is 0 Å². The molecular formula is C24H27ClN7O3S-. The van der Waals surface area contributed by atoms with Gasteiger partial charge in [-0.25, -0.2) is 9.71 Å². The van der Waals surface area contributed by atoms with Crippen molar-refractivity contribution in [2.24, 2.45) is 0 Å². The molecule has 1 aliphatic rings. The Balaban J connectivity index is 1.58. The van der Waals surface area contributed by atoms with Gasteiger partial charge >= 0.3 is 0 Å². The van der Waals surface area contributed by atoms with Gasteiger partial charge in [0.2, 0.25) is 5.95 Å². The van der Waals surface area contributed by atoms with E-state index >= 15 is 0 Å². The molecule has 2 heterocycles. The molecule has 0 aliphatic carbocycles. The summed E-state index contributed by atoms with van der Waals surface area (Å²) in [6, 6.07) is 12.8. The average molecular weight is 529 g/mol. The first-order valence-electron chi connectivity index (χ1n) is 11.5. The normalized spacial score (nSPS) is 14.3. The topological polar surface area (TPSA) is 126 Å². The minimum Gasteiger partial charge on any atom is -0.760 e. The minimum absolute atomic E-state index is 0.0261. The van der Waals surface area contributed by atoms with Crippen LogP contribution in [0, 0.1) is 0 Å². The SMILES string of the molecule is CCN1CCN(CC)c2cc(Nc3ncc(Cl)c(Nc4ccccc4CNS(=O)[O-])n3)ccc2C1=O. The molecule has 3 aromatic rings. The minimum atomic E-state index is -2.38. The van der Waals surface area contributed by atoms with Crippen LogP contribution in [0.3, 0.4) is 0 Å². The van der Waals surface area contributed by atoms with Crippen LogP contribution in [0.2, 0.25) is 5.02 Å². The Labute approximate surface area is 217 Å². The molecule has 1 atom stereocenters. The number of rotatable bonds is 9.